The van der Waals surface area contributed by atoms with Crippen LogP contribution in [0.3, 0.4) is 0 Å². The highest BCUT2D eigenvalue weighted by Crippen LogP contribution is 2.27. The van der Waals surface area contributed by atoms with Crippen LogP contribution < -0.4 is 4.72 Å². The van der Waals surface area contributed by atoms with E-state index >= 15 is 0 Å². The Bertz CT molecular complexity index is 1050. The average molecular weight is 367 g/mol. The van der Waals surface area contributed by atoms with Gasteiger partial charge >= 0.3 is 0 Å². The Morgan fingerprint density at radius 2 is 1.91 bits per heavy atom. The summed E-state index contributed by atoms with van der Waals surface area (Å²) in [7, 11) is -3.83. The minimum atomic E-state index is -3.83. The molecule has 2 aromatic carbocycles. The Kier molecular flexibility index (Phi) is 3.90. The lowest BCUT2D eigenvalue weighted by molar-refractivity contribution is 0.601. The van der Waals surface area contributed by atoms with Gasteiger partial charge in [0, 0.05) is 11.1 Å². The van der Waals surface area contributed by atoms with E-state index in [2.05, 4.69) is 14.9 Å². The summed E-state index contributed by atoms with van der Waals surface area (Å²) < 4.78 is 27.2. The maximum absolute atomic E-state index is 12.4. The van der Waals surface area contributed by atoms with Gasteiger partial charge in [0.25, 0.3) is 10.0 Å². The van der Waals surface area contributed by atoms with Gasteiger partial charge in [-0.1, -0.05) is 23.2 Å². The molecule has 0 saturated heterocycles. The predicted molar refractivity (Wildman–Crippen MR) is 88.1 cm³/mol. The molecule has 0 aliphatic rings. The number of nitriles is 1. The van der Waals surface area contributed by atoms with Gasteiger partial charge in [0.1, 0.15) is 6.07 Å². The van der Waals surface area contributed by atoms with Gasteiger partial charge < -0.3 is 0 Å². The van der Waals surface area contributed by atoms with Crippen molar-refractivity contribution < 1.29 is 8.42 Å². The lowest BCUT2D eigenvalue weighted by Crippen LogP contribution is -2.12. The number of nitrogens with one attached hydrogen (secondary N) is 2. The number of aromatic nitrogens is 2. The number of hydrogen-bond donors (Lipinski definition) is 2. The minimum absolute atomic E-state index is 0.0142. The zero-order valence-electron chi connectivity index (χ0n) is 11.3. The third kappa shape index (κ3) is 2.97. The number of nitrogens with zero attached hydrogens (tertiary/aromatic N) is 2. The highest BCUT2D eigenvalue weighted by atomic mass is 35.5. The summed E-state index contributed by atoms with van der Waals surface area (Å²) in [6.45, 7) is 0. The Morgan fingerprint density at radius 3 is 2.61 bits per heavy atom. The van der Waals surface area contributed by atoms with Gasteiger partial charge in [0.2, 0.25) is 0 Å². The van der Waals surface area contributed by atoms with Crippen LogP contribution in [-0.2, 0) is 10.0 Å². The van der Waals surface area contributed by atoms with E-state index in [-0.39, 0.29) is 20.6 Å². The van der Waals surface area contributed by atoms with E-state index in [1.807, 2.05) is 6.07 Å². The summed E-state index contributed by atoms with van der Waals surface area (Å²) in [6.07, 6.45) is 0. The van der Waals surface area contributed by atoms with Crippen LogP contribution in [0.4, 0.5) is 5.69 Å². The fraction of sp³-hybridized carbons (Fsp3) is 0. The van der Waals surface area contributed by atoms with Crippen LogP contribution in [0.2, 0.25) is 10.0 Å². The summed E-state index contributed by atoms with van der Waals surface area (Å²) in [6, 6.07) is 10.7. The molecule has 0 unspecified atom stereocenters. The van der Waals surface area contributed by atoms with E-state index in [0.717, 1.165) is 0 Å². The summed E-state index contributed by atoms with van der Waals surface area (Å²) in [5.74, 6) is 0. The molecule has 0 atom stereocenters. The van der Waals surface area contributed by atoms with E-state index in [1.165, 1.54) is 24.3 Å². The molecule has 2 N–H and O–H groups in total. The Labute approximate surface area is 141 Å². The first-order valence-corrected chi connectivity index (χ1v) is 8.51. The second kappa shape index (κ2) is 5.74. The second-order valence-corrected chi connectivity index (χ2v) is 7.12. The molecule has 0 spiro atoms. The van der Waals surface area contributed by atoms with Crippen LogP contribution in [0.15, 0.2) is 41.3 Å². The highest BCUT2D eigenvalue weighted by molar-refractivity contribution is 7.92. The number of benzene rings is 2. The van der Waals surface area contributed by atoms with Gasteiger partial charge in [-0.3, -0.25) is 9.82 Å². The van der Waals surface area contributed by atoms with Crippen LogP contribution in [0.5, 0.6) is 0 Å². The van der Waals surface area contributed by atoms with Crippen molar-refractivity contribution >= 4 is 49.8 Å². The molecule has 0 radical (unpaired) electrons. The molecule has 9 heteroatoms. The summed E-state index contributed by atoms with van der Waals surface area (Å²) >= 11 is 11.6. The van der Waals surface area contributed by atoms with Gasteiger partial charge in [-0.15, -0.1) is 0 Å². The van der Waals surface area contributed by atoms with Gasteiger partial charge in [0.05, 0.1) is 20.5 Å². The third-order valence-corrected chi connectivity index (χ3v) is 5.24. The van der Waals surface area contributed by atoms with Crippen molar-refractivity contribution in [2.45, 2.75) is 4.90 Å². The van der Waals surface area contributed by atoms with Crippen molar-refractivity contribution in [1.29, 1.82) is 5.26 Å². The van der Waals surface area contributed by atoms with E-state index < -0.39 is 10.0 Å². The van der Waals surface area contributed by atoms with Crippen LogP contribution in [-0.4, -0.2) is 18.6 Å². The molecule has 23 heavy (non-hydrogen) atoms. The molecule has 0 fully saturated rings. The normalized spacial score (nSPS) is 11.3. The zero-order chi connectivity index (χ0) is 16.6. The number of aromatic amines is 1. The van der Waals surface area contributed by atoms with Gasteiger partial charge in [-0.2, -0.15) is 10.4 Å². The van der Waals surface area contributed by atoms with Gasteiger partial charge in [-0.25, -0.2) is 8.42 Å². The number of fused-ring (bicyclic) bond motifs is 1. The average Bonchev–Trinajstić information content (AvgIpc) is 2.91. The maximum Gasteiger partial charge on any atom is 0.261 e. The molecule has 3 aromatic rings. The number of halogens is 2. The van der Waals surface area contributed by atoms with Crippen molar-refractivity contribution in [3.05, 3.63) is 52.1 Å². The number of H-pyrrole nitrogens is 1. The lowest BCUT2D eigenvalue weighted by atomic mass is 10.2. The maximum atomic E-state index is 12.4. The lowest BCUT2D eigenvalue weighted by Gasteiger charge is -2.09. The molecule has 0 amide bonds. The number of rotatable bonds is 3. The predicted octanol–water partition coefficient (Wildman–Crippen LogP) is 3.54. The van der Waals surface area contributed by atoms with E-state index in [9.17, 15) is 8.42 Å². The minimum Gasteiger partial charge on any atom is -0.280 e. The first kappa shape index (κ1) is 15.6. The number of hydrogen-bond acceptors (Lipinski definition) is 4. The quantitative estimate of drug-likeness (QED) is 0.740. The molecule has 0 aliphatic carbocycles. The molecule has 3 rings (SSSR count). The standard InChI is InChI=1S/C14H8Cl2N4O2S/c15-11-3-2-9(6-12(11)16)23(21,22)20-8-1-4-13-10(5-8)14(7-17)19-18-13/h1-6,20H,(H,18,19). The molecule has 0 saturated carbocycles. The van der Waals surface area contributed by atoms with Crippen molar-refractivity contribution in [3.63, 3.8) is 0 Å². The molecular weight excluding hydrogens is 359 g/mol. The zero-order valence-corrected chi connectivity index (χ0v) is 13.7. The first-order valence-electron chi connectivity index (χ1n) is 6.27. The number of anilines is 1. The molecule has 1 heterocycles. The Morgan fingerprint density at radius 1 is 1.13 bits per heavy atom. The molecule has 1 aromatic heterocycles. The van der Waals surface area contributed by atoms with Crippen LogP contribution in [0, 0.1) is 11.3 Å². The van der Waals surface area contributed by atoms with Crippen LogP contribution in [0.1, 0.15) is 5.69 Å². The van der Waals surface area contributed by atoms with Crippen molar-refractivity contribution in [1.82, 2.24) is 10.2 Å². The monoisotopic (exact) mass is 366 g/mol. The molecule has 0 aliphatic heterocycles. The number of sulfonamides is 1. The van der Waals surface area contributed by atoms with E-state index in [1.54, 1.807) is 12.1 Å². The smallest absolute Gasteiger partial charge is 0.261 e. The van der Waals surface area contributed by atoms with E-state index in [4.69, 9.17) is 28.5 Å². The second-order valence-electron chi connectivity index (χ2n) is 4.63. The molecule has 0 bridgehead atoms. The van der Waals surface area contributed by atoms with Crippen molar-refractivity contribution in [2.75, 3.05) is 4.72 Å². The topological polar surface area (TPSA) is 98.6 Å². The van der Waals surface area contributed by atoms with Crippen molar-refractivity contribution in [2.24, 2.45) is 0 Å². The largest absolute Gasteiger partial charge is 0.280 e. The first-order chi connectivity index (χ1) is 10.9. The molecule has 116 valence electrons. The SMILES string of the molecule is N#Cc1n[nH]c2ccc(NS(=O)(=O)c3ccc(Cl)c(Cl)c3)cc12. The third-order valence-electron chi connectivity index (χ3n) is 3.12. The van der Waals surface area contributed by atoms with Crippen molar-refractivity contribution in [3.8, 4) is 6.07 Å². The van der Waals surface area contributed by atoms with Crippen LogP contribution in [0.25, 0.3) is 10.9 Å². The summed E-state index contributed by atoms with van der Waals surface area (Å²) in [5, 5.41) is 16.5. The summed E-state index contributed by atoms with van der Waals surface area (Å²) in [5.41, 5.74) is 1.14. The highest BCUT2D eigenvalue weighted by Gasteiger charge is 2.16. The molecule has 6 nitrogen and oxygen atoms in total. The van der Waals surface area contributed by atoms with Crippen LogP contribution >= 0.6 is 23.2 Å². The Balaban J connectivity index is 2.00. The Hall–Kier alpha value is -2.27. The van der Waals surface area contributed by atoms with E-state index in [0.29, 0.717) is 16.6 Å². The molecular formula is C14H8Cl2N4O2S. The fourth-order valence-corrected chi connectivity index (χ4v) is 3.46. The van der Waals surface area contributed by atoms with Gasteiger partial charge in [-0.05, 0) is 36.4 Å². The fourth-order valence-electron chi connectivity index (χ4n) is 2.02. The van der Waals surface area contributed by atoms with Gasteiger partial charge in [0.15, 0.2) is 5.69 Å². The summed E-state index contributed by atoms with van der Waals surface area (Å²) in [4.78, 5) is -0.0142.